The molecule has 0 amide bonds. The molecule has 1 aliphatic carbocycles. The minimum absolute atomic E-state index is 0.0225. The normalized spacial score (nSPS) is 19.0. The van der Waals surface area contributed by atoms with Crippen LogP contribution >= 0.6 is 0 Å². The fourth-order valence-corrected chi connectivity index (χ4v) is 4.70. The zero-order chi connectivity index (χ0) is 21.3. The van der Waals surface area contributed by atoms with Crippen molar-refractivity contribution in [2.24, 2.45) is 5.92 Å². The van der Waals surface area contributed by atoms with Gasteiger partial charge in [-0.15, -0.1) is 6.58 Å². The summed E-state index contributed by atoms with van der Waals surface area (Å²) in [4.78, 5) is 0. The van der Waals surface area contributed by atoms with Gasteiger partial charge in [0.15, 0.2) is 0 Å². The van der Waals surface area contributed by atoms with Gasteiger partial charge >= 0.3 is 0 Å². The Kier molecular flexibility index (Phi) is 8.62. The van der Waals surface area contributed by atoms with Gasteiger partial charge in [-0.3, -0.25) is 0 Å². The highest BCUT2D eigenvalue weighted by Gasteiger charge is 2.24. The molecular formula is C27H34F2O. The standard InChI is InChI=1S/C27H34F2O/c1-3-5-6-9-20-12-14-21(15-13-20)23-10-7-8-11-24(23)22-17-26(28)25(27(29)18-22)19-30-16-4-2/h4,7-8,10-11,17-18,20-21H,2-3,5-6,9,12-16,19H2,1H3. The summed E-state index contributed by atoms with van der Waals surface area (Å²) < 4.78 is 34.5. The summed E-state index contributed by atoms with van der Waals surface area (Å²) in [6, 6.07) is 11.0. The fraction of sp³-hybridized carbons (Fsp3) is 0.481. The fourth-order valence-electron chi connectivity index (χ4n) is 4.70. The molecule has 0 radical (unpaired) electrons. The van der Waals surface area contributed by atoms with E-state index in [0.717, 1.165) is 24.3 Å². The average molecular weight is 413 g/mol. The van der Waals surface area contributed by atoms with Gasteiger partial charge < -0.3 is 4.74 Å². The molecule has 30 heavy (non-hydrogen) atoms. The van der Waals surface area contributed by atoms with Crippen molar-refractivity contribution in [3.8, 4) is 11.1 Å². The molecule has 1 saturated carbocycles. The predicted molar refractivity (Wildman–Crippen MR) is 120 cm³/mol. The highest BCUT2D eigenvalue weighted by molar-refractivity contribution is 5.68. The van der Waals surface area contributed by atoms with Crippen LogP contribution in [0.15, 0.2) is 49.1 Å². The second-order valence-corrected chi connectivity index (χ2v) is 8.52. The number of hydrogen-bond donors (Lipinski definition) is 0. The number of benzene rings is 2. The zero-order valence-corrected chi connectivity index (χ0v) is 18.1. The van der Waals surface area contributed by atoms with E-state index < -0.39 is 11.6 Å². The molecule has 3 rings (SSSR count). The van der Waals surface area contributed by atoms with E-state index in [1.165, 1.54) is 56.2 Å². The van der Waals surface area contributed by atoms with Crippen LogP contribution in [-0.2, 0) is 11.3 Å². The van der Waals surface area contributed by atoms with Gasteiger partial charge in [0, 0.05) is 5.56 Å². The van der Waals surface area contributed by atoms with Crippen molar-refractivity contribution in [2.45, 2.75) is 70.8 Å². The Morgan fingerprint density at radius 2 is 1.73 bits per heavy atom. The summed E-state index contributed by atoms with van der Waals surface area (Å²) in [6.45, 7) is 5.98. The minimum Gasteiger partial charge on any atom is -0.373 e. The first kappa shape index (κ1) is 22.7. The third-order valence-electron chi connectivity index (χ3n) is 6.40. The number of unbranched alkanes of at least 4 members (excludes halogenated alkanes) is 2. The maximum atomic E-state index is 14.7. The van der Waals surface area contributed by atoms with Crippen LogP contribution in [-0.4, -0.2) is 6.61 Å². The lowest BCUT2D eigenvalue weighted by Crippen LogP contribution is -2.14. The van der Waals surface area contributed by atoms with Crippen molar-refractivity contribution >= 4 is 0 Å². The van der Waals surface area contributed by atoms with E-state index in [1.807, 2.05) is 18.2 Å². The highest BCUT2D eigenvalue weighted by Crippen LogP contribution is 2.41. The number of rotatable bonds is 10. The van der Waals surface area contributed by atoms with Gasteiger partial charge in [-0.05, 0) is 66.3 Å². The molecule has 0 aromatic heterocycles. The Labute approximate surface area is 180 Å². The minimum atomic E-state index is -0.552. The quantitative estimate of drug-likeness (QED) is 0.282. The molecule has 0 spiro atoms. The second-order valence-electron chi connectivity index (χ2n) is 8.52. The van der Waals surface area contributed by atoms with Crippen molar-refractivity contribution in [2.75, 3.05) is 6.61 Å². The molecular weight excluding hydrogens is 378 g/mol. The molecule has 0 aliphatic heterocycles. The van der Waals surface area contributed by atoms with E-state index >= 15 is 0 Å². The molecule has 3 heteroatoms. The predicted octanol–water partition coefficient (Wildman–Crippen LogP) is 8.19. The molecule has 2 aromatic rings. The summed E-state index contributed by atoms with van der Waals surface area (Å²) in [5.74, 6) is 0.196. The maximum absolute atomic E-state index is 14.7. The van der Waals surface area contributed by atoms with E-state index in [-0.39, 0.29) is 18.8 Å². The Morgan fingerprint density at radius 1 is 1.03 bits per heavy atom. The zero-order valence-electron chi connectivity index (χ0n) is 18.1. The molecule has 0 atom stereocenters. The van der Waals surface area contributed by atoms with Crippen LogP contribution in [0, 0.1) is 17.6 Å². The van der Waals surface area contributed by atoms with Gasteiger partial charge in [-0.1, -0.05) is 62.9 Å². The molecule has 1 nitrogen and oxygen atoms in total. The van der Waals surface area contributed by atoms with Gasteiger partial charge in [-0.25, -0.2) is 8.78 Å². The molecule has 0 heterocycles. The van der Waals surface area contributed by atoms with Crippen molar-refractivity contribution in [3.63, 3.8) is 0 Å². The first-order chi connectivity index (χ1) is 14.6. The Morgan fingerprint density at radius 3 is 2.40 bits per heavy atom. The van der Waals surface area contributed by atoms with Crippen LogP contribution in [0.2, 0.25) is 0 Å². The van der Waals surface area contributed by atoms with Crippen molar-refractivity contribution in [1.82, 2.24) is 0 Å². The summed E-state index contributed by atoms with van der Waals surface area (Å²) >= 11 is 0. The third-order valence-corrected chi connectivity index (χ3v) is 6.40. The Bertz CT molecular complexity index is 798. The Hall–Kier alpha value is -2.00. The largest absolute Gasteiger partial charge is 0.373 e. The van der Waals surface area contributed by atoms with Gasteiger partial charge in [0.25, 0.3) is 0 Å². The van der Waals surface area contributed by atoms with Crippen LogP contribution in [0.5, 0.6) is 0 Å². The average Bonchev–Trinajstić information content (AvgIpc) is 2.76. The van der Waals surface area contributed by atoms with Crippen LogP contribution in [0.4, 0.5) is 8.78 Å². The highest BCUT2D eigenvalue weighted by atomic mass is 19.1. The molecule has 2 aromatic carbocycles. The molecule has 0 bridgehead atoms. The lowest BCUT2D eigenvalue weighted by molar-refractivity contribution is 0.143. The van der Waals surface area contributed by atoms with Gasteiger partial charge in [0.1, 0.15) is 11.6 Å². The molecule has 1 fully saturated rings. The molecule has 0 unspecified atom stereocenters. The van der Waals surface area contributed by atoms with Crippen LogP contribution < -0.4 is 0 Å². The van der Waals surface area contributed by atoms with E-state index in [2.05, 4.69) is 19.6 Å². The smallest absolute Gasteiger partial charge is 0.132 e. The number of ether oxygens (including phenoxy) is 1. The summed E-state index contributed by atoms with van der Waals surface area (Å²) in [6.07, 6.45) is 11.7. The van der Waals surface area contributed by atoms with Crippen molar-refractivity contribution in [1.29, 1.82) is 0 Å². The SMILES string of the molecule is C=CCOCc1c(F)cc(-c2ccccc2C2CCC(CCCCC)CC2)cc1F. The summed E-state index contributed by atoms with van der Waals surface area (Å²) in [5, 5.41) is 0. The number of hydrogen-bond acceptors (Lipinski definition) is 1. The first-order valence-electron chi connectivity index (χ1n) is 11.4. The first-order valence-corrected chi connectivity index (χ1v) is 11.4. The summed E-state index contributed by atoms with van der Waals surface area (Å²) in [5.41, 5.74) is 2.76. The molecule has 162 valence electrons. The van der Waals surface area contributed by atoms with Crippen LogP contribution in [0.1, 0.15) is 75.3 Å². The molecule has 1 aliphatic rings. The van der Waals surface area contributed by atoms with E-state index in [4.69, 9.17) is 4.74 Å². The van der Waals surface area contributed by atoms with E-state index in [1.54, 1.807) is 6.08 Å². The third kappa shape index (κ3) is 5.78. The van der Waals surface area contributed by atoms with Gasteiger partial charge in [-0.2, -0.15) is 0 Å². The van der Waals surface area contributed by atoms with Crippen molar-refractivity contribution < 1.29 is 13.5 Å². The van der Waals surface area contributed by atoms with E-state index in [9.17, 15) is 8.78 Å². The summed E-state index contributed by atoms with van der Waals surface area (Å²) in [7, 11) is 0. The van der Waals surface area contributed by atoms with E-state index in [0.29, 0.717) is 11.5 Å². The lowest BCUT2D eigenvalue weighted by Gasteiger charge is -2.30. The second kappa shape index (κ2) is 11.4. The maximum Gasteiger partial charge on any atom is 0.132 e. The van der Waals surface area contributed by atoms with Gasteiger partial charge in [0.2, 0.25) is 0 Å². The van der Waals surface area contributed by atoms with Crippen LogP contribution in [0.25, 0.3) is 11.1 Å². The Balaban J connectivity index is 1.75. The number of halogens is 2. The van der Waals surface area contributed by atoms with Crippen LogP contribution in [0.3, 0.4) is 0 Å². The molecule has 0 saturated heterocycles. The van der Waals surface area contributed by atoms with Crippen molar-refractivity contribution in [3.05, 3.63) is 71.8 Å². The molecule has 0 N–H and O–H groups in total. The monoisotopic (exact) mass is 412 g/mol. The van der Waals surface area contributed by atoms with Gasteiger partial charge in [0.05, 0.1) is 13.2 Å². The lowest BCUT2D eigenvalue weighted by atomic mass is 9.75. The topological polar surface area (TPSA) is 9.23 Å².